The van der Waals surface area contributed by atoms with Crippen molar-refractivity contribution >= 4 is 49.8 Å². The van der Waals surface area contributed by atoms with Gasteiger partial charge in [-0.2, -0.15) is 18.4 Å². The Kier molecular flexibility index (Phi) is 7.87. The summed E-state index contributed by atoms with van der Waals surface area (Å²) in [6, 6.07) is 12.4. The zero-order valence-corrected chi connectivity index (χ0v) is 16.8. The monoisotopic (exact) mass is 443 g/mol. The van der Waals surface area contributed by atoms with Gasteiger partial charge in [0, 0.05) is 27.1 Å². The molecule has 9 heteroatoms. The molecule has 0 saturated heterocycles. The lowest BCUT2D eigenvalue weighted by Gasteiger charge is -2.16. The summed E-state index contributed by atoms with van der Waals surface area (Å²) in [4.78, 5) is 12.1. The lowest BCUT2D eigenvalue weighted by molar-refractivity contribution is -0.137. The van der Waals surface area contributed by atoms with Gasteiger partial charge in [0.05, 0.1) is 5.56 Å². The van der Waals surface area contributed by atoms with E-state index in [1.807, 2.05) is 13.0 Å². The minimum atomic E-state index is -4.69. The number of allylic oxidation sites excluding steroid dienone is 1. The van der Waals surface area contributed by atoms with Crippen LogP contribution in [0.25, 0.3) is 11.3 Å². The second-order valence-electron chi connectivity index (χ2n) is 5.21. The Balaban J connectivity index is 2.69. The van der Waals surface area contributed by atoms with Crippen molar-refractivity contribution in [3.63, 3.8) is 0 Å². The molecule has 2 aromatic rings. The molecule has 0 unspecified atom stereocenters. The summed E-state index contributed by atoms with van der Waals surface area (Å²) in [6.45, 7) is 1.81. The first-order valence-corrected chi connectivity index (χ1v) is 10.6. The van der Waals surface area contributed by atoms with Crippen molar-refractivity contribution in [2.24, 2.45) is 0 Å². The number of hydrogen-bond acceptors (Lipinski definition) is 5. The molecule has 0 aliphatic carbocycles. The van der Waals surface area contributed by atoms with Crippen LogP contribution in [0, 0.1) is 11.3 Å². The number of benzene rings is 2. The summed E-state index contributed by atoms with van der Waals surface area (Å²) in [5.41, 5.74) is -1.33. The van der Waals surface area contributed by atoms with Crippen molar-refractivity contribution in [2.45, 2.75) is 13.1 Å². The Hall–Kier alpha value is -2.08. The van der Waals surface area contributed by atoms with E-state index in [0.29, 0.717) is 10.8 Å². The van der Waals surface area contributed by atoms with Gasteiger partial charge in [0.25, 0.3) is 0 Å². The summed E-state index contributed by atoms with van der Waals surface area (Å²) in [7, 11) is 1.93. The van der Waals surface area contributed by atoms with E-state index in [1.165, 1.54) is 47.2 Å². The highest BCUT2D eigenvalue weighted by Crippen LogP contribution is 2.39. The summed E-state index contributed by atoms with van der Waals surface area (Å²) in [6.07, 6.45) is -4.69. The van der Waals surface area contributed by atoms with Gasteiger partial charge in [0.2, 0.25) is 0 Å². The highest BCUT2D eigenvalue weighted by molar-refractivity contribution is 8.82. The molecule has 0 amide bonds. The molecule has 3 nitrogen and oxygen atoms in total. The third-order valence-electron chi connectivity index (χ3n) is 3.38. The number of nitrogens with zero attached hydrogens (tertiary/aromatic N) is 1. The van der Waals surface area contributed by atoms with Crippen molar-refractivity contribution in [1.82, 2.24) is 0 Å². The van der Waals surface area contributed by atoms with Crippen LogP contribution in [0.4, 0.5) is 18.0 Å². The molecule has 0 radical (unpaired) electrons. The highest BCUT2D eigenvalue weighted by atomic mass is 35.5. The molecule has 0 aliphatic rings. The van der Waals surface area contributed by atoms with Crippen molar-refractivity contribution in [2.75, 3.05) is 5.75 Å². The van der Waals surface area contributed by atoms with Gasteiger partial charge in [-0.25, -0.2) is 4.79 Å². The van der Waals surface area contributed by atoms with Crippen LogP contribution in [0.2, 0.25) is 5.02 Å². The molecule has 0 atom stereocenters. The van der Waals surface area contributed by atoms with Crippen LogP contribution >= 0.6 is 33.2 Å². The summed E-state index contributed by atoms with van der Waals surface area (Å²) in [5, 5.41) is 9.21. The maximum absolute atomic E-state index is 13.5. The largest absolute Gasteiger partial charge is 0.417 e. The maximum Gasteiger partial charge on any atom is 0.417 e. The molecule has 0 heterocycles. The van der Waals surface area contributed by atoms with Crippen LogP contribution < -0.4 is 0 Å². The third-order valence-corrected chi connectivity index (χ3v) is 5.67. The molecule has 0 saturated carbocycles. The van der Waals surface area contributed by atoms with Crippen LogP contribution in [0.3, 0.4) is 0 Å². The highest BCUT2D eigenvalue weighted by Gasteiger charge is 2.35. The van der Waals surface area contributed by atoms with Crippen LogP contribution in [-0.4, -0.2) is 11.1 Å². The zero-order valence-electron chi connectivity index (χ0n) is 14.4. The van der Waals surface area contributed by atoms with E-state index in [0.717, 1.165) is 22.9 Å². The molecule has 0 bridgehead atoms. The van der Waals surface area contributed by atoms with Gasteiger partial charge >= 0.3 is 11.5 Å². The molecule has 0 spiro atoms. The second kappa shape index (κ2) is 9.92. The Morgan fingerprint density at radius 2 is 1.82 bits per heavy atom. The number of hydrogen-bond donors (Lipinski definition) is 0. The normalized spacial score (nSPS) is 12.1. The first kappa shape index (κ1) is 22.2. The van der Waals surface area contributed by atoms with Gasteiger partial charge in [-0.1, -0.05) is 59.7 Å². The Bertz CT molecular complexity index is 922. The Morgan fingerprint density at radius 1 is 1.18 bits per heavy atom. The molecule has 0 fully saturated rings. The van der Waals surface area contributed by atoms with Crippen molar-refractivity contribution in [1.29, 1.82) is 5.26 Å². The fourth-order valence-corrected chi connectivity index (χ4v) is 3.44. The number of carbonyl (C=O) groups excluding carboxylic acids is 1. The molecular formula is C19H13ClF3NO2S2. The molecule has 2 aromatic carbocycles. The summed E-state index contributed by atoms with van der Waals surface area (Å²) >= 11 is 5.84. The number of carbonyl (C=O) groups is 1. The number of alkyl halides is 3. The molecule has 0 aromatic heterocycles. The molecular weight excluding hydrogens is 431 g/mol. The van der Waals surface area contributed by atoms with Crippen molar-refractivity contribution in [3.8, 4) is 6.07 Å². The Labute approximate surface area is 172 Å². The predicted octanol–water partition coefficient (Wildman–Crippen LogP) is 7.29. The van der Waals surface area contributed by atoms with Crippen LogP contribution in [0.15, 0.2) is 48.5 Å². The number of nitriles is 1. The standard InChI is InChI=1S/C19H13ClF3NO2S2/c1-2-27-28-18(25)26-17(14-5-3-4-6-16(14)19(21,22)23)15(11-24)12-7-9-13(20)10-8-12/h3-10H,2H2,1H3/b17-15+. The van der Waals surface area contributed by atoms with Gasteiger partial charge in [-0.05, 0) is 23.8 Å². The van der Waals surface area contributed by atoms with Crippen LogP contribution in [0.5, 0.6) is 0 Å². The van der Waals surface area contributed by atoms with E-state index in [9.17, 15) is 23.2 Å². The summed E-state index contributed by atoms with van der Waals surface area (Å²) in [5.74, 6) is 0.146. The van der Waals surface area contributed by atoms with E-state index < -0.39 is 28.4 Å². The molecule has 2 rings (SSSR count). The van der Waals surface area contributed by atoms with E-state index >= 15 is 0 Å². The van der Waals surface area contributed by atoms with E-state index in [2.05, 4.69) is 0 Å². The van der Waals surface area contributed by atoms with Crippen molar-refractivity contribution < 1.29 is 22.7 Å². The molecule has 0 N–H and O–H groups in total. The van der Waals surface area contributed by atoms with Crippen LogP contribution in [-0.2, 0) is 10.9 Å². The second-order valence-corrected chi connectivity index (χ2v) is 8.16. The van der Waals surface area contributed by atoms with Crippen LogP contribution in [0.1, 0.15) is 23.6 Å². The SMILES string of the molecule is CCSSC(=O)O/C(=C(\C#N)c1ccc(Cl)cc1)c1ccccc1C(F)(F)F. The predicted molar refractivity (Wildman–Crippen MR) is 108 cm³/mol. The quantitative estimate of drug-likeness (QED) is 0.160. The minimum absolute atomic E-state index is 0.205. The maximum atomic E-state index is 13.5. The fourth-order valence-electron chi connectivity index (χ4n) is 2.24. The van der Waals surface area contributed by atoms with Gasteiger partial charge in [0.15, 0.2) is 5.76 Å². The van der Waals surface area contributed by atoms with E-state index in [1.54, 1.807) is 0 Å². The zero-order chi connectivity index (χ0) is 20.7. The topological polar surface area (TPSA) is 50.1 Å². The Morgan fingerprint density at radius 3 is 2.39 bits per heavy atom. The number of rotatable bonds is 5. The minimum Gasteiger partial charge on any atom is -0.416 e. The molecule has 0 aliphatic heterocycles. The lowest BCUT2D eigenvalue weighted by Crippen LogP contribution is -2.11. The number of halogens is 4. The van der Waals surface area contributed by atoms with Crippen molar-refractivity contribution in [3.05, 3.63) is 70.2 Å². The number of ether oxygens (including phenoxy) is 1. The molecule has 146 valence electrons. The molecule has 28 heavy (non-hydrogen) atoms. The lowest BCUT2D eigenvalue weighted by atomic mass is 9.98. The average Bonchev–Trinajstić information content (AvgIpc) is 2.67. The fraction of sp³-hybridized carbons (Fsp3) is 0.158. The first-order chi connectivity index (χ1) is 13.3. The third kappa shape index (κ3) is 5.71. The average molecular weight is 444 g/mol. The van der Waals surface area contributed by atoms with Gasteiger partial charge in [0.1, 0.15) is 11.6 Å². The van der Waals surface area contributed by atoms with Gasteiger partial charge in [-0.3, -0.25) is 0 Å². The first-order valence-electron chi connectivity index (χ1n) is 7.86. The smallest absolute Gasteiger partial charge is 0.416 e. The van der Waals surface area contributed by atoms with E-state index in [4.69, 9.17) is 16.3 Å². The van der Waals surface area contributed by atoms with Gasteiger partial charge < -0.3 is 4.74 Å². The summed E-state index contributed by atoms with van der Waals surface area (Å²) < 4.78 is 45.7. The van der Waals surface area contributed by atoms with Gasteiger partial charge in [-0.15, -0.1) is 0 Å². The van der Waals surface area contributed by atoms with E-state index in [-0.39, 0.29) is 11.1 Å².